The van der Waals surface area contributed by atoms with E-state index in [4.69, 9.17) is 15.6 Å². The Morgan fingerprint density at radius 1 is 1.22 bits per heavy atom. The number of aromatic nitrogens is 2. The normalized spacial score (nSPS) is 12.8. The van der Waals surface area contributed by atoms with Crippen molar-refractivity contribution in [3.8, 4) is 0 Å². The molecule has 1 aromatic heterocycles. The van der Waals surface area contributed by atoms with Crippen molar-refractivity contribution in [3.63, 3.8) is 0 Å². The van der Waals surface area contributed by atoms with Gasteiger partial charge in [-0.3, -0.25) is 9.36 Å². The Morgan fingerprint density at radius 3 is 2.42 bits per heavy atom. The Kier molecular flexibility index (Phi) is 13.9. The first-order valence-electron chi connectivity index (χ1n) is 11.8. The van der Waals surface area contributed by atoms with Crippen LogP contribution in [0.25, 0.3) is 4.85 Å². The molecule has 2 atom stereocenters. The predicted molar refractivity (Wildman–Crippen MR) is 150 cm³/mol. The second kappa shape index (κ2) is 15.7. The van der Waals surface area contributed by atoms with Crippen LogP contribution in [0.2, 0.25) is 0 Å². The monoisotopic (exact) mass is 535 g/mol. The summed E-state index contributed by atoms with van der Waals surface area (Å²) in [5, 5.41) is 2.72. The standard InChI is InChI=1S/C25H36N5O4P.H2S/c1-8-22(34-35(33-15-14-26-7)30(18(2)3)19(4)5)17-29-16-20(6)23(28-25(29)32)27-24(31)21-12-10-9-11-13-21;/h9-13,16,18-19,22H,8,14-15,17H2,1-6H3,(H,27,28,31,32);1H2/t22-,35?;/m1./s1. The summed E-state index contributed by atoms with van der Waals surface area (Å²) in [5.41, 5.74) is 0.692. The molecule has 2 aromatic rings. The Bertz CT molecular complexity index is 1050. The summed E-state index contributed by atoms with van der Waals surface area (Å²) < 4.78 is 16.1. The predicted octanol–water partition coefficient (Wildman–Crippen LogP) is 4.99. The minimum Gasteiger partial charge on any atom is -0.317 e. The van der Waals surface area contributed by atoms with Gasteiger partial charge in [0.05, 0.1) is 12.6 Å². The molecular formula is C25H38N5O4PS. The molecule has 0 bridgehead atoms. The number of carbonyl (C=O) groups excluding carboxylic acids is 1. The average molecular weight is 536 g/mol. The molecule has 198 valence electrons. The molecule has 0 aliphatic carbocycles. The zero-order valence-corrected chi connectivity index (χ0v) is 23.8. The Morgan fingerprint density at radius 2 is 1.86 bits per heavy atom. The molecule has 0 aliphatic rings. The fourth-order valence-corrected chi connectivity index (χ4v) is 5.26. The molecule has 0 saturated carbocycles. The van der Waals surface area contributed by atoms with Gasteiger partial charge < -0.3 is 19.2 Å². The Hall–Kier alpha value is -2.28. The summed E-state index contributed by atoms with van der Waals surface area (Å²) in [6.07, 6.45) is 2.05. The van der Waals surface area contributed by atoms with Crippen molar-refractivity contribution in [3.05, 3.63) is 69.6 Å². The van der Waals surface area contributed by atoms with Crippen molar-refractivity contribution in [2.24, 2.45) is 0 Å². The molecule has 0 radical (unpaired) electrons. The number of nitrogens with zero attached hydrogens (tertiary/aromatic N) is 4. The summed E-state index contributed by atoms with van der Waals surface area (Å²) in [6.45, 7) is 20.0. The number of rotatable bonds is 13. The first-order valence-corrected chi connectivity index (χ1v) is 13.0. The topological polar surface area (TPSA) is 90.0 Å². The number of nitrogens with one attached hydrogen (secondary N) is 1. The molecule has 1 aromatic carbocycles. The van der Waals surface area contributed by atoms with E-state index in [2.05, 4.69) is 47.5 Å². The van der Waals surface area contributed by atoms with E-state index >= 15 is 0 Å². The van der Waals surface area contributed by atoms with Gasteiger partial charge in [0.1, 0.15) is 12.4 Å². The highest BCUT2D eigenvalue weighted by Crippen LogP contribution is 2.47. The van der Waals surface area contributed by atoms with Gasteiger partial charge in [-0.05, 0) is 53.2 Å². The van der Waals surface area contributed by atoms with Crippen LogP contribution in [-0.4, -0.2) is 51.5 Å². The van der Waals surface area contributed by atoms with E-state index in [0.717, 1.165) is 0 Å². The van der Waals surface area contributed by atoms with E-state index in [1.54, 1.807) is 37.4 Å². The molecule has 1 unspecified atom stereocenters. The lowest BCUT2D eigenvalue weighted by Gasteiger charge is -2.37. The summed E-state index contributed by atoms with van der Waals surface area (Å²) in [4.78, 5) is 32.7. The fourth-order valence-electron chi connectivity index (χ4n) is 3.50. The van der Waals surface area contributed by atoms with Gasteiger partial charge in [0.2, 0.25) is 6.54 Å². The average Bonchev–Trinajstić information content (AvgIpc) is 2.81. The van der Waals surface area contributed by atoms with Crippen LogP contribution in [0.15, 0.2) is 41.3 Å². The molecule has 0 saturated heterocycles. The molecule has 2 rings (SSSR count). The lowest BCUT2D eigenvalue weighted by molar-refractivity contribution is 0.102. The van der Waals surface area contributed by atoms with Crippen molar-refractivity contribution in [2.75, 3.05) is 18.5 Å². The van der Waals surface area contributed by atoms with Crippen molar-refractivity contribution in [1.29, 1.82) is 0 Å². The first kappa shape index (κ1) is 31.7. The number of benzene rings is 1. The zero-order valence-electron chi connectivity index (χ0n) is 21.9. The van der Waals surface area contributed by atoms with Crippen LogP contribution in [0.5, 0.6) is 0 Å². The molecule has 11 heteroatoms. The maximum atomic E-state index is 12.8. The molecule has 1 N–H and O–H groups in total. The van der Waals surface area contributed by atoms with Gasteiger partial charge in [-0.2, -0.15) is 18.5 Å². The van der Waals surface area contributed by atoms with E-state index in [1.807, 2.05) is 13.0 Å². The third-order valence-corrected chi connectivity index (χ3v) is 7.37. The van der Waals surface area contributed by atoms with Crippen LogP contribution in [0.3, 0.4) is 0 Å². The van der Waals surface area contributed by atoms with Gasteiger partial charge in [0.15, 0.2) is 0 Å². The lowest BCUT2D eigenvalue weighted by Crippen LogP contribution is -2.36. The van der Waals surface area contributed by atoms with Crippen molar-refractivity contribution < 1.29 is 13.8 Å². The van der Waals surface area contributed by atoms with Gasteiger partial charge in [0.25, 0.3) is 14.4 Å². The van der Waals surface area contributed by atoms with Crippen LogP contribution in [0.4, 0.5) is 5.82 Å². The third kappa shape index (κ3) is 9.30. The summed E-state index contributed by atoms with van der Waals surface area (Å²) >= 11 is 0. The van der Waals surface area contributed by atoms with Crippen molar-refractivity contribution in [1.82, 2.24) is 14.2 Å². The molecule has 0 spiro atoms. The summed E-state index contributed by atoms with van der Waals surface area (Å²) in [7, 11) is -1.42. The van der Waals surface area contributed by atoms with Gasteiger partial charge in [0, 0.05) is 29.4 Å². The van der Waals surface area contributed by atoms with Crippen LogP contribution >= 0.6 is 22.0 Å². The quantitative estimate of drug-likeness (QED) is 0.221. The summed E-state index contributed by atoms with van der Waals surface area (Å²) in [6, 6.07) is 9.15. The van der Waals surface area contributed by atoms with Gasteiger partial charge in [-0.1, -0.05) is 25.1 Å². The minimum absolute atomic E-state index is 0. The number of carbonyl (C=O) groups is 1. The second-order valence-corrected chi connectivity index (χ2v) is 10.1. The molecule has 1 amide bonds. The minimum atomic E-state index is -1.42. The number of aryl methyl sites for hydroxylation is 1. The van der Waals surface area contributed by atoms with Crippen LogP contribution < -0.4 is 11.0 Å². The first-order chi connectivity index (χ1) is 16.7. The highest BCUT2D eigenvalue weighted by molar-refractivity contribution is 7.59. The largest absolute Gasteiger partial charge is 0.349 e. The Labute approximate surface area is 222 Å². The SMILES string of the molecule is S.[C-]#[N+]CCOP(O[C@H](CC)Cn1cc(C)c(NC(=O)c2ccccc2)nc1=O)N(C(C)C)C(C)C. The maximum Gasteiger partial charge on any atom is 0.349 e. The van der Waals surface area contributed by atoms with E-state index in [-0.39, 0.29) is 56.6 Å². The van der Waals surface area contributed by atoms with E-state index in [0.29, 0.717) is 24.1 Å². The molecular weight excluding hydrogens is 497 g/mol. The number of amides is 1. The van der Waals surface area contributed by atoms with Gasteiger partial charge in [-0.15, -0.1) is 0 Å². The van der Waals surface area contributed by atoms with Gasteiger partial charge >= 0.3 is 5.69 Å². The molecule has 0 fully saturated rings. The zero-order chi connectivity index (χ0) is 26.0. The fraction of sp³-hybridized carbons (Fsp3) is 0.520. The van der Waals surface area contributed by atoms with E-state index in [1.165, 1.54) is 4.57 Å². The van der Waals surface area contributed by atoms with Crippen LogP contribution in [0.1, 0.15) is 57.0 Å². The molecule has 36 heavy (non-hydrogen) atoms. The Balaban J connectivity index is 0.00000648. The molecule has 1 heterocycles. The molecule has 9 nitrogen and oxygen atoms in total. The van der Waals surface area contributed by atoms with Gasteiger partial charge in [-0.25, -0.2) is 16.0 Å². The highest BCUT2D eigenvalue weighted by Gasteiger charge is 2.30. The maximum absolute atomic E-state index is 12.8. The number of hydrogen-bond acceptors (Lipinski definition) is 6. The third-order valence-electron chi connectivity index (χ3n) is 5.19. The van der Waals surface area contributed by atoms with E-state index in [9.17, 15) is 9.59 Å². The van der Waals surface area contributed by atoms with Crippen molar-refractivity contribution >= 4 is 33.7 Å². The summed E-state index contributed by atoms with van der Waals surface area (Å²) in [5.74, 6) is -0.0811. The van der Waals surface area contributed by atoms with Crippen LogP contribution in [0, 0.1) is 13.5 Å². The number of hydrogen-bond donors (Lipinski definition) is 1. The van der Waals surface area contributed by atoms with Crippen molar-refractivity contribution in [2.45, 2.75) is 72.7 Å². The van der Waals surface area contributed by atoms with Crippen LogP contribution in [-0.2, 0) is 15.6 Å². The van der Waals surface area contributed by atoms with E-state index < -0.39 is 14.2 Å². The number of anilines is 1. The second-order valence-electron chi connectivity index (χ2n) is 8.68. The molecule has 0 aliphatic heterocycles. The highest BCUT2D eigenvalue weighted by atomic mass is 32.1. The lowest BCUT2D eigenvalue weighted by atomic mass is 10.2. The smallest absolute Gasteiger partial charge is 0.317 e.